The molecule has 4 rings (SSSR count). The van der Waals surface area contributed by atoms with Crippen LogP contribution in [0.15, 0.2) is 29.2 Å². The standard InChI is InChI=1S/C23H30N4O3S.ClH/c1-14-10-15(2)26-21(14)12-20-19-11-18(31(29,30)25-3)8-9-22(19)27(23(20)28)13-16-4-6-17(24)7-5-16;/h8-12,16-17,25-26H,4-7,13,24H2,1-3H3;1H/b20-12-;. The van der Waals surface area contributed by atoms with Gasteiger partial charge < -0.3 is 15.6 Å². The summed E-state index contributed by atoms with van der Waals surface area (Å²) in [7, 11) is -2.23. The minimum atomic E-state index is -3.62. The van der Waals surface area contributed by atoms with Gasteiger partial charge in [-0.15, -0.1) is 12.4 Å². The topological polar surface area (TPSA) is 108 Å². The Morgan fingerprint density at radius 3 is 2.47 bits per heavy atom. The number of nitrogens with two attached hydrogens (primary N) is 1. The highest BCUT2D eigenvalue weighted by Crippen LogP contribution is 2.40. The summed E-state index contributed by atoms with van der Waals surface area (Å²) in [5.74, 6) is 0.307. The molecular formula is C23H31ClN4O3S. The molecule has 1 saturated carbocycles. The molecule has 0 spiro atoms. The highest BCUT2D eigenvalue weighted by molar-refractivity contribution is 7.89. The number of nitrogens with zero attached hydrogens (tertiary/aromatic N) is 1. The van der Waals surface area contributed by atoms with Gasteiger partial charge in [0.15, 0.2) is 0 Å². The van der Waals surface area contributed by atoms with Crippen LogP contribution < -0.4 is 15.4 Å². The number of hydrogen-bond donors (Lipinski definition) is 3. The largest absolute Gasteiger partial charge is 0.359 e. The van der Waals surface area contributed by atoms with Crippen molar-refractivity contribution >= 4 is 45.7 Å². The number of carbonyl (C=O) groups excluding carboxylic acids is 1. The van der Waals surface area contributed by atoms with Crippen molar-refractivity contribution in [3.8, 4) is 0 Å². The van der Waals surface area contributed by atoms with Gasteiger partial charge in [-0.1, -0.05) is 0 Å². The summed E-state index contributed by atoms with van der Waals surface area (Å²) in [5, 5.41) is 0. The van der Waals surface area contributed by atoms with Crippen LogP contribution in [0.25, 0.3) is 11.6 Å². The molecule has 0 atom stereocenters. The van der Waals surface area contributed by atoms with E-state index in [2.05, 4.69) is 9.71 Å². The van der Waals surface area contributed by atoms with Crippen LogP contribution in [-0.2, 0) is 14.8 Å². The molecule has 2 aliphatic rings. The fourth-order valence-electron chi connectivity index (χ4n) is 4.61. The first-order valence-corrected chi connectivity index (χ1v) is 12.2. The van der Waals surface area contributed by atoms with Gasteiger partial charge in [0.05, 0.1) is 16.2 Å². The van der Waals surface area contributed by atoms with Crippen LogP contribution in [0.3, 0.4) is 0 Å². The summed E-state index contributed by atoms with van der Waals surface area (Å²) < 4.78 is 27.1. The molecule has 174 valence electrons. The number of aryl methyl sites for hydroxylation is 2. The van der Waals surface area contributed by atoms with Gasteiger partial charge >= 0.3 is 0 Å². The zero-order chi connectivity index (χ0) is 22.3. The van der Waals surface area contributed by atoms with Gasteiger partial charge in [0.1, 0.15) is 0 Å². The number of amides is 1. The molecule has 0 bridgehead atoms. The number of carbonyl (C=O) groups is 1. The van der Waals surface area contributed by atoms with Crippen molar-refractivity contribution in [1.29, 1.82) is 0 Å². The second-order valence-electron chi connectivity index (χ2n) is 8.69. The molecular weight excluding hydrogens is 448 g/mol. The number of nitrogens with one attached hydrogen (secondary N) is 2. The van der Waals surface area contributed by atoms with E-state index in [1.165, 1.54) is 7.05 Å². The third kappa shape index (κ3) is 4.64. The summed E-state index contributed by atoms with van der Waals surface area (Å²) in [5.41, 5.74) is 10.9. The second-order valence-corrected chi connectivity index (χ2v) is 10.6. The van der Waals surface area contributed by atoms with E-state index < -0.39 is 10.0 Å². The van der Waals surface area contributed by atoms with Crippen molar-refractivity contribution in [3.05, 3.63) is 46.8 Å². The lowest BCUT2D eigenvalue weighted by Crippen LogP contribution is -2.36. The van der Waals surface area contributed by atoms with Crippen LogP contribution in [0, 0.1) is 19.8 Å². The number of anilines is 1. The monoisotopic (exact) mass is 478 g/mol. The summed E-state index contributed by atoms with van der Waals surface area (Å²) in [4.78, 5) is 18.8. The van der Waals surface area contributed by atoms with Crippen molar-refractivity contribution in [2.75, 3.05) is 18.5 Å². The van der Waals surface area contributed by atoms with Crippen molar-refractivity contribution in [2.45, 2.75) is 50.5 Å². The maximum absolute atomic E-state index is 13.5. The number of fused-ring (bicyclic) bond motifs is 1. The van der Waals surface area contributed by atoms with E-state index in [4.69, 9.17) is 5.73 Å². The molecule has 1 amide bonds. The van der Waals surface area contributed by atoms with E-state index in [1.54, 1.807) is 18.2 Å². The van der Waals surface area contributed by atoms with Gasteiger partial charge in [0.25, 0.3) is 5.91 Å². The van der Waals surface area contributed by atoms with Crippen LogP contribution in [-0.4, -0.2) is 38.9 Å². The average Bonchev–Trinajstić information content (AvgIpc) is 3.19. The number of rotatable bonds is 5. The van der Waals surface area contributed by atoms with Gasteiger partial charge in [0, 0.05) is 29.5 Å². The summed E-state index contributed by atoms with van der Waals surface area (Å²) in [6.45, 7) is 4.58. The predicted molar refractivity (Wildman–Crippen MR) is 130 cm³/mol. The van der Waals surface area contributed by atoms with Crippen molar-refractivity contribution in [1.82, 2.24) is 9.71 Å². The Labute approximate surface area is 195 Å². The molecule has 9 heteroatoms. The number of halogens is 1. The Bertz CT molecular complexity index is 1150. The fraction of sp³-hybridized carbons (Fsp3) is 0.435. The molecule has 1 fully saturated rings. The van der Waals surface area contributed by atoms with E-state index in [0.717, 1.165) is 48.3 Å². The van der Waals surface area contributed by atoms with Crippen LogP contribution in [0.2, 0.25) is 0 Å². The Hall–Kier alpha value is -2.13. The van der Waals surface area contributed by atoms with E-state index in [0.29, 0.717) is 23.6 Å². The molecule has 1 aliphatic carbocycles. The van der Waals surface area contributed by atoms with Crippen LogP contribution in [0.4, 0.5) is 5.69 Å². The molecule has 0 unspecified atom stereocenters. The number of benzene rings is 1. The Morgan fingerprint density at radius 1 is 1.19 bits per heavy atom. The Morgan fingerprint density at radius 2 is 1.88 bits per heavy atom. The molecule has 0 saturated heterocycles. The summed E-state index contributed by atoms with van der Waals surface area (Å²) >= 11 is 0. The van der Waals surface area contributed by atoms with Gasteiger partial charge in [-0.05, 0) is 88.4 Å². The fourth-order valence-corrected chi connectivity index (χ4v) is 5.37. The molecule has 1 aromatic carbocycles. The molecule has 32 heavy (non-hydrogen) atoms. The molecule has 2 aromatic rings. The third-order valence-electron chi connectivity index (χ3n) is 6.41. The van der Waals surface area contributed by atoms with E-state index in [9.17, 15) is 13.2 Å². The molecule has 1 aliphatic heterocycles. The highest BCUT2D eigenvalue weighted by Gasteiger charge is 2.35. The van der Waals surface area contributed by atoms with E-state index >= 15 is 0 Å². The zero-order valence-corrected chi connectivity index (χ0v) is 20.3. The quantitative estimate of drug-likeness (QED) is 0.572. The summed E-state index contributed by atoms with van der Waals surface area (Å²) in [6, 6.07) is 7.19. The minimum Gasteiger partial charge on any atom is -0.359 e. The Kier molecular flexibility index (Phi) is 7.19. The van der Waals surface area contributed by atoms with Crippen molar-refractivity contribution in [2.24, 2.45) is 11.7 Å². The lowest BCUT2D eigenvalue weighted by Gasteiger charge is -2.29. The van der Waals surface area contributed by atoms with Crippen LogP contribution >= 0.6 is 12.4 Å². The maximum atomic E-state index is 13.5. The first-order chi connectivity index (χ1) is 14.7. The lowest BCUT2D eigenvalue weighted by molar-refractivity contribution is -0.113. The van der Waals surface area contributed by atoms with E-state index in [-0.39, 0.29) is 29.3 Å². The lowest BCUT2D eigenvalue weighted by atomic mass is 9.86. The van der Waals surface area contributed by atoms with E-state index in [1.807, 2.05) is 30.9 Å². The smallest absolute Gasteiger partial charge is 0.259 e. The zero-order valence-electron chi connectivity index (χ0n) is 18.6. The summed E-state index contributed by atoms with van der Waals surface area (Å²) in [6.07, 6.45) is 5.79. The number of aromatic nitrogens is 1. The van der Waals surface area contributed by atoms with Crippen molar-refractivity contribution < 1.29 is 13.2 Å². The first-order valence-electron chi connectivity index (χ1n) is 10.7. The van der Waals surface area contributed by atoms with Gasteiger partial charge in [-0.3, -0.25) is 4.79 Å². The Balaban J connectivity index is 0.00000289. The van der Waals surface area contributed by atoms with Crippen LogP contribution in [0.1, 0.15) is 48.2 Å². The first kappa shape index (κ1) is 24.5. The number of aromatic amines is 1. The highest BCUT2D eigenvalue weighted by atomic mass is 35.5. The van der Waals surface area contributed by atoms with Gasteiger partial charge in [-0.2, -0.15) is 0 Å². The van der Waals surface area contributed by atoms with Gasteiger partial charge in [-0.25, -0.2) is 13.1 Å². The molecule has 7 nitrogen and oxygen atoms in total. The molecule has 2 heterocycles. The maximum Gasteiger partial charge on any atom is 0.259 e. The van der Waals surface area contributed by atoms with Crippen molar-refractivity contribution in [3.63, 3.8) is 0 Å². The minimum absolute atomic E-state index is 0. The number of sulfonamides is 1. The molecule has 0 radical (unpaired) electrons. The average molecular weight is 479 g/mol. The third-order valence-corrected chi connectivity index (χ3v) is 7.83. The second kappa shape index (κ2) is 9.39. The van der Waals surface area contributed by atoms with Crippen LogP contribution in [0.5, 0.6) is 0 Å². The molecule has 1 aromatic heterocycles. The predicted octanol–water partition coefficient (Wildman–Crippen LogP) is 3.37. The number of hydrogen-bond acceptors (Lipinski definition) is 4. The SMILES string of the molecule is CNS(=O)(=O)c1ccc2c(c1)/C(=C/c1[nH]c(C)cc1C)C(=O)N2CC1CCC(N)CC1.Cl. The molecule has 4 N–H and O–H groups in total. The normalized spacial score (nSPS) is 22.2. The van der Waals surface area contributed by atoms with Gasteiger partial charge in [0.2, 0.25) is 10.0 Å². The number of H-pyrrole nitrogens is 1.